The van der Waals surface area contributed by atoms with Crippen LogP contribution in [0.3, 0.4) is 0 Å². The van der Waals surface area contributed by atoms with Crippen molar-refractivity contribution in [3.63, 3.8) is 0 Å². The summed E-state index contributed by atoms with van der Waals surface area (Å²) in [4.78, 5) is 10.7. The first kappa shape index (κ1) is 25.6. The number of benzene rings is 8. The van der Waals surface area contributed by atoms with Crippen molar-refractivity contribution < 1.29 is 4.42 Å². The molecule has 0 atom stereocenters. The smallest absolute Gasteiger partial charge is 0.236 e. The second kappa shape index (κ2) is 9.50. The Morgan fingerprint density at radius 2 is 0.979 bits per heavy atom. The molecule has 0 radical (unpaired) electrons. The Morgan fingerprint density at radius 3 is 1.69 bits per heavy atom. The summed E-state index contributed by atoms with van der Waals surface area (Å²) >= 11 is 0. The lowest BCUT2D eigenvalue weighted by atomic mass is 9.99. The minimum Gasteiger partial charge on any atom is -0.452 e. The Morgan fingerprint density at radius 1 is 0.417 bits per heavy atom. The molecule has 3 heterocycles. The van der Waals surface area contributed by atoms with E-state index in [9.17, 15) is 0 Å². The van der Waals surface area contributed by atoms with E-state index in [0.29, 0.717) is 11.5 Å². The van der Waals surface area contributed by atoms with Crippen LogP contribution in [0.4, 0.5) is 0 Å². The van der Waals surface area contributed by atoms with Crippen molar-refractivity contribution in [2.24, 2.45) is 0 Å². The van der Waals surface area contributed by atoms with Gasteiger partial charge in [-0.25, -0.2) is 9.97 Å². The molecule has 0 fully saturated rings. The van der Waals surface area contributed by atoms with E-state index >= 15 is 0 Å². The van der Waals surface area contributed by atoms with Gasteiger partial charge in [-0.15, -0.1) is 0 Å². The molecule has 8 aromatic carbocycles. The summed E-state index contributed by atoms with van der Waals surface area (Å²) in [6.45, 7) is 0. The molecule has 11 aromatic rings. The molecule has 0 aliphatic heterocycles. The van der Waals surface area contributed by atoms with Crippen LogP contribution in [0.25, 0.3) is 104 Å². The maximum atomic E-state index is 6.55. The lowest BCUT2D eigenvalue weighted by Crippen LogP contribution is -2.03. The lowest BCUT2D eigenvalue weighted by molar-refractivity contribution is 0.666. The molecule has 11 rings (SSSR count). The predicted octanol–water partition coefficient (Wildman–Crippen LogP) is 11.8. The van der Waals surface area contributed by atoms with Crippen molar-refractivity contribution >= 4 is 87.0 Å². The number of fused-ring (bicyclic) bond motifs is 11. The Labute approximate surface area is 274 Å². The molecule has 48 heavy (non-hydrogen) atoms. The van der Waals surface area contributed by atoms with Gasteiger partial charge >= 0.3 is 0 Å². The van der Waals surface area contributed by atoms with Crippen LogP contribution in [0.15, 0.2) is 156 Å². The first-order valence-corrected chi connectivity index (χ1v) is 16.2. The van der Waals surface area contributed by atoms with Gasteiger partial charge in [0.25, 0.3) is 0 Å². The first-order valence-electron chi connectivity index (χ1n) is 16.2. The van der Waals surface area contributed by atoms with Crippen LogP contribution in [0.5, 0.6) is 0 Å². The Balaban J connectivity index is 1.27. The highest BCUT2D eigenvalue weighted by molar-refractivity contribution is 6.17. The number of furan rings is 1. The van der Waals surface area contributed by atoms with Crippen LogP contribution in [-0.4, -0.2) is 14.5 Å². The van der Waals surface area contributed by atoms with Crippen LogP contribution in [-0.2, 0) is 0 Å². The number of nitrogens with zero attached hydrogens (tertiary/aromatic N) is 3. The molecule has 4 nitrogen and oxygen atoms in total. The molecule has 0 aliphatic rings. The predicted molar refractivity (Wildman–Crippen MR) is 199 cm³/mol. The molecule has 0 N–H and O–H groups in total. The quantitative estimate of drug-likeness (QED) is 0.183. The number of aromatic nitrogens is 3. The maximum absolute atomic E-state index is 6.55. The van der Waals surface area contributed by atoms with E-state index in [1.165, 1.54) is 48.5 Å². The molecule has 0 unspecified atom stereocenters. The van der Waals surface area contributed by atoms with Crippen LogP contribution in [0, 0.1) is 0 Å². The van der Waals surface area contributed by atoms with Crippen LogP contribution in [0.2, 0.25) is 0 Å². The first-order chi connectivity index (χ1) is 23.8. The lowest BCUT2D eigenvalue weighted by Gasteiger charge is -2.11. The molecule has 0 saturated carbocycles. The van der Waals surface area contributed by atoms with Crippen LogP contribution in [0.1, 0.15) is 0 Å². The van der Waals surface area contributed by atoms with Crippen molar-refractivity contribution in [3.05, 3.63) is 152 Å². The van der Waals surface area contributed by atoms with E-state index in [1.807, 2.05) is 18.2 Å². The number of rotatable bonds is 2. The highest BCUT2D eigenvalue weighted by atomic mass is 16.3. The Hall–Kier alpha value is -6.52. The van der Waals surface area contributed by atoms with Crippen molar-refractivity contribution in [2.75, 3.05) is 0 Å². The van der Waals surface area contributed by atoms with E-state index in [-0.39, 0.29) is 0 Å². The average molecular weight is 612 g/mol. The van der Waals surface area contributed by atoms with Gasteiger partial charge in [0.05, 0.1) is 11.0 Å². The zero-order valence-corrected chi connectivity index (χ0v) is 25.7. The normalized spacial score (nSPS) is 12.2. The Bertz CT molecular complexity index is 3040. The van der Waals surface area contributed by atoms with E-state index < -0.39 is 0 Å². The second-order valence-electron chi connectivity index (χ2n) is 12.6. The number of hydrogen-bond donors (Lipinski definition) is 0. The van der Waals surface area contributed by atoms with Crippen molar-refractivity contribution in [3.8, 4) is 17.2 Å². The van der Waals surface area contributed by atoms with Gasteiger partial charge in [0.2, 0.25) is 5.95 Å². The van der Waals surface area contributed by atoms with Crippen molar-refractivity contribution in [1.82, 2.24) is 14.5 Å². The van der Waals surface area contributed by atoms with Gasteiger partial charge in [-0.1, -0.05) is 109 Å². The zero-order chi connectivity index (χ0) is 31.3. The summed E-state index contributed by atoms with van der Waals surface area (Å²) in [6, 6.07) is 53.9. The molecule has 0 saturated heterocycles. The van der Waals surface area contributed by atoms with Crippen molar-refractivity contribution in [1.29, 1.82) is 0 Å². The summed E-state index contributed by atoms with van der Waals surface area (Å²) in [5, 5.41) is 12.9. The van der Waals surface area contributed by atoms with Gasteiger partial charge in [-0.3, -0.25) is 4.57 Å². The van der Waals surface area contributed by atoms with Gasteiger partial charge in [0, 0.05) is 21.7 Å². The van der Waals surface area contributed by atoms with Gasteiger partial charge in [-0.2, -0.15) is 0 Å². The maximum Gasteiger partial charge on any atom is 0.236 e. The topological polar surface area (TPSA) is 43.9 Å². The van der Waals surface area contributed by atoms with Gasteiger partial charge in [0.15, 0.2) is 5.58 Å². The summed E-state index contributed by atoms with van der Waals surface area (Å²) in [5.41, 5.74) is 6.20. The van der Waals surface area contributed by atoms with E-state index in [1.54, 1.807) is 0 Å². The molecule has 0 spiro atoms. The summed E-state index contributed by atoms with van der Waals surface area (Å²) in [5.74, 6) is 0.619. The van der Waals surface area contributed by atoms with Gasteiger partial charge in [0.1, 0.15) is 16.8 Å². The molecule has 0 bridgehead atoms. The molecule has 0 amide bonds. The zero-order valence-electron chi connectivity index (χ0n) is 25.7. The third kappa shape index (κ3) is 3.60. The van der Waals surface area contributed by atoms with Crippen LogP contribution < -0.4 is 0 Å². The molecule has 3 aromatic heterocycles. The second-order valence-corrected chi connectivity index (χ2v) is 12.6. The average Bonchev–Trinajstić information content (AvgIpc) is 3.67. The summed E-state index contributed by atoms with van der Waals surface area (Å²) in [6.07, 6.45) is 0. The van der Waals surface area contributed by atoms with E-state index in [0.717, 1.165) is 44.2 Å². The summed E-state index contributed by atoms with van der Waals surface area (Å²) in [7, 11) is 0. The molecule has 0 aliphatic carbocycles. The van der Waals surface area contributed by atoms with Crippen LogP contribution >= 0.6 is 0 Å². The molecule has 4 heteroatoms. The minimum absolute atomic E-state index is 0.619. The summed E-state index contributed by atoms with van der Waals surface area (Å²) < 4.78 is 8.79. The monoisotopic (exact) mass is 611 g/mol. The fourth-order valence-electron chi connectivity index (χ4n) is 7.64. The van der Waals surface area contributed by atoms with Gasteiger partial charge < -0.3 is 4.42 Å². The standard InChI is InChI=1S/C44H25N3O/c1-3-12-29-24-38-36(22-27(29)10-1)37-23-28-11-2-4-13-30(28)25-39(37)47(38)44-45-41(43-42(46-44)35-15-7-8-16-40(35)48-43)32-19-20-34-31(21-32)18-17-26-9-5-6-14-33(26)34/h1-25H. The minimum atomic E-state index is 0.619. The molecule has 222 valence electrons. The van der Waals surface area contributed by atoms with E-state index in [2.05, 4.69) is 138 Å². The third-order valence-corrected chi connectivity index (χ3v) is 9.93. The highest BCUT2D eigenvalue weighted by Crippen LogP contribution is 2.40. The largest absolute Gasteiger partial charge is 0.452 e. The fraction of sp³-hybridized carbons (Fsp3) is 0. The Kier molecular flexibility index (Phi) is 5.08. The number of para-hydroxylation sites is 1. The SMILES string of the molecule is c1ccc2cc3c(cc2c1)c1cc2ccccc2cc1n3-c1nc(-c2ccc3c(ccc4ccccc43)c2)c2oc3ccccc3c2n1. The highest BCUT2D eigenvalue weighted by Gasteiger charge is 2.22. The third-order valence-electron chi connectivity index (χ3n) is 9.93. The fourth-order valence-corrected chi connectivity index (χ4v) is 7.64. The molecular weight excluding hydrogens is 587 g/mol. The van der Waals surface area contributed by atoms with E-state index in [4.69, 9.17) is 14.4 Å². The van der Waals surface area contributed by atoms with Crippen molar-refractivity contribution in [2.45, 2.75) is 0 Å². The number of hydrogen-bond acceptors (Lipinski definition) is 3. The molecular formula is C44H25N3O. The van der Waals surface area contributed by atoms with Gasteiger partial charge in [-0.05, 0) is 85.6 Å².